The largest absolute Gasteiger partial charge is 0.486 e. The number of halogens is 3. The molecule has 0 aliphatic carbocycles. The van der Waals surface area contributed by atoms with Gasteiger partial charge in [-0.1, -0.05) is 35.3 Å². The van der Waals surface area contributed by atoms with E-state index in [1.807, 2.05) is 0 Å². The highest BCUT2D eigenvalue weighted by atomic mass is 35.5. The third-order valence-corrected chi connectivity index (χ3v) is 3.10. The van der Waals surface area contributed by atoms with Gasteiger partial charge in [0.2, 0.25) is 0 Å². The van der Waals surface area contributed by atoms with E-state index in [2.05, 4.69) is 0 Å². The Labute approximate surface area is 124 Å². The summed E-state index contributed by atoms with van der Waals surface area (Å²) in [6, 6.07) is 9.44. The van der Waals surface area contributed by atoms with Gasteiger partial charge in [-0.2, -0.15) is 0 Å². The van der Waals surface area contributed by atoms with Crippen molar-refractivity contribution in [3.8, 4) is 5.75 Å². The maximum absolute atomic E-state index is 13.9. The average molecular weight is 315 g/mol. The van der Waals surface area contributed by atoms with Crippen LogP contribution in [0.3, 0.4) is 0 Å². The van der Waals surface area contributed by atoms with Crippen LogP contribution in [0.5, 0.6) is 5.75 Å². The van der Waals surface area contributed by atoms with E-state index >= 15 is 0 Å². The van der Waals surface area contributed by atoms with Crippen molar-refractivity contribution in [3.63, 3.8) is 0 Å². The van der Waals surface area contributed by atoms with Crippen LogP contribution in [0.1, 0.15) is 15.9 Å². The molecule has 0 radical (unpaired) electrons. The number of aromatic carboxylic acids is 1. The van der Waals surface area contributed by atoms with E-state index in [9.17, 15) is 9.18 Å². The second-order valence-corrected chi connectivity index (χ2v) is 4.80. The highest BCUT2D eigenvalue weighted by molar-refractivity contribution is 6.33. The van der Waals surface area contributed by atoms with Crippen molar-refractivity contribution in [1.29, 1.82) is 0 Å². The summed E-state index contributed by atoms with van der Waals surface area (Å²) in [6.45, 7) is 0.0676. The molecule has 20 heavy (non-hydrogen) atoms. The maximum atomic E-state index is 13.9. The lowest BCUT2D eigenvalue weighted by atomic mass is 10.2. The van der Waals surface area contributed by atoms with Gasteiger partial charge in [0.05, 0.1) is 5.02 Å². The molecule has 1 N–H and O–H groups in total. The van der Waals surface area contributed by atoms with E-state index < -0.39 is 17.3 Å². The van der Waals surface area contributed by atoms with Crippen LogP contribution < -0.4 is 4.74 Å². The zero-order valence-electron chi connectivity index (χ0n) is 10.1. The zero-order valence-corrected chi connectivity index (χ0v) is 11.6. The van der Waals surface area contributed by atoms with Gasteiger partial charge in [0.1, 0.15) is 12.2 Å². The van der Waals surface area contributed by atoms with Gasteiger partial charge in [0, 0.05) is 5.02 Å². The first kappa shape index (κ1) is 14.6. The molecule has 2 aromatic carbocycles. The molecule has 0 aliphatic heterocycles. The molecule has 0 amide bonds. The van der Waals surface area contributed by atoms with Crippen LogP contribution in [-0.4, -0.2) is 11.1 Å². The topological polar surface area (TPSA) is 46.5 Å². The lowest BCUT2D eigenvalue weighted by molar-refractivity contribution is 0.0691. The molecule has 0 atom stereocenters. The predicted molar refractivity (Wildman–Crippen MR) is 74.2 cm³/mol. The van der Waals surface area contributed by atoms with E-state index in [4.69, 9.17) is 33.0 Å². The van der Waals surface area contributed by atoms with Crippen LogP contribution in [0.2, 0.25) is 10.0 Å². The average Bonchev–Trinajstić information content (AvgIpc) is 2.37. The first-order valence-electron chi connectivity index (χ1n) is 5.57. The molecule has 0 unspecified atom stereocenters. The number of ether oxygens (including phenoxy) is 1. The second-order valence-electron chi connectivity index (χ2n) is 3.96. The number of carbonyl (C=O) groups is 1. The van der Waals surface area contributed by atoms with Crippen molar-refractivity contribution >= 4 is 29.2 Å². The van der Waals surface area contributed by atoms with E-state index in [0.717, 1.165) is 5.56 Å². The quantitative estimate of drug-likeness (QED) is 0.909. The Kier molecular flexibility index (Phi) is 4.47. The van der Waals surface area contributed by atoms with Crippen LogP contribution in [0.25, 0.3) is 0 Å². The molecule has 3 nitrogen and oxygen atoms in total. The molecule has 0 fully saturated rings. The van der Waals surface area contributed by atoms with E-state index in [0.29, 0.717) is 5.02 Å². The Morgan fingerprint density at radius 2 is 2.00 bits per heavy atom. The number of carboxylic acid groups (broad SMARTS) is 1. The van der Waals surface area contributed by atoms with Gasteiger partial charge in [-0.3, -0.25) is 0 Å². The highest BCUT2D eigenvalue weighted by Gasteiger charge is 2.19. The Hall–Kier alpha value is -1.78. The monoisotopic (exact) mass is 314 g/mol. The molecule has 2 rings (SSSR count). The second kappa shape index (κ2) is 6.11. The molecule has 6 heteroatoms. The van der Waals surface area contributed by atoms with Gasteiger partial charge in [-0.15, -0.1) is 0 Å². The summed E-state index contributed by atoms with van der Waals surface area (Å²) in [4.78, 5) is 10.9. The number of rotatable bonds is 4. The summed E-state index contributed by atoms with van der Waals surface area (Å²) in [7, 11) is 0. The van der Waals surface area contributed by atoms with Crippen LogP contribution in [0.4, 0.5) is 4.39 Å². The van der Waals surface area contributed by atoms with Crippen molar-refractivity contribution < 1.29 is 19.0 Å². The predicted octanol–water partition coefficient (Wildman–Crippen LogP) is 4.41. The maximum Gasteiger partial charge on any atom is 0.340 e. The van der Waals surface area contributed by atoms with Gasteiger partial charge < -0.3 is 9.84 Å². The minimum absolute atomic E-state index is 0.0676. The lowest BCUT2D eigenvalue weighted by Gasteiger charge is -2.10. The Morgan fingerprint density at radius 1 is 1.25 bits per heavy atom. The van der Waals surface area contributed by atoms with Crippen molar-refractivity contribution in [2.45, 2.75) is 6.61 Å². The summed E-state index contributed by atoms with van der Waals surface area (Å²) < 4.78 is 19.2. The van der Waals surface area contributed by atoms with Crippen molar-refractivity contribution in [2.24, 2.45) is 0 Å². The molecular formula is C14H9Cl2FO3. The fourth-order valence-corrected chi connectivity index (χ4v) is 2.07. The summed E-state index contributed by atoms with van der Waals surface area (Å²) >= 11 is 11.5. The van der Waals surface area contributed by atoms with E-state index in [-0.39, 0.29) is 17.4 Å². The molecule has 0 bridgehead atoms. The number of hydrogen-bond donors (Lipinski definition) is 1. The standard InChI is InChI=1S/C14H9Cl2FO3/c15-9-3-1-2-8(6-9)7-20-11-5-4-10(16)12(13(11)17)14(18)19/h1-6H,7H2,(H,18,19). The molecule has 0 aliphatic rings. The summed E-state index contributed by atoms with van der Waals surface area (Å²) in [5.41, 5.74) is 0.138. The van der Waals surface area contributed by atoms with Crippen molar-refractivity contribution in [3.05, 3.63) is 63.4 Å². The smallest absolute Gasteiger partial charge is 0.340 e. The Balaban J connectivity index is 2.22. The van der Waals surface area contributed by atoms with Gasteiger partial charge in [0.15, 0.2) is 11.6 Å². The molecule has 0 spiro atoms. The fourth-order valence-electron chi connectivity index (χ4n) is 1.63. The third kappa shape index (κ3) is 3.21. The fraction of sp³-hybridized carbons (Fsp3) is 0.0714. The number of benzene rings is 2. The van der Waals surface area contributed by atoms with Crippen molar-refractivity contribution in [2.75, 3.05) is 0 Å². The molecule has 0 aromatic heterocycles. The number of hydrogen-bond acceptors (Lipinski definition) is 2. The van der Waals surface area contributed by atoms with Gasteiger partial charge in [-0.25, -0.2) is 9.18 Å². The Bertz CT molecular complexity index is 659. The minimum Gasteiger partial charge on any atom is -0.486 e. The number of carboxylic acids is 1. The SMILES string of the molecule is O=C(O)c1c(Cl)ccc(OCc2cccc(Cl)c2)c1F. The molecule has 2 aromatic rings. The summed E-state index contributed by atoms with van der Waals surface area (Å²) in [5, 5.41) is 9.26. The van der Waals surface area contributed by atoms with Crippen LogP contribution in [0.15, 0.2) is 36.4 Å². The molecule has 104 valence electrons. The highest BCUT2D eigenvalue weighted by Crippen LogP contribution is 2.28. The molecule has 0 saturated carbocycles. The van der Waals surface area contributed by atoms with E-state index in [1.54, 1.807) is 24.3 Å². The van der Waals surface area contributed by atoms with Gasteiger partial charge in [-0.05, 0) is 29.8 Å². The summed E-state index contributed by atoms with van der Waals surface area (Å²) in [5.74, 6) is -2.61. The third-order valence-electron chi connectivity index (χ3n) is 2.55. The van der Waals surface area contributed by atoms with Crippen LogP contribution in [-0.2, 0) is 6.61 Å². The summed E-state index contributed by atoms with van der Waals surface area (Å²) in [6.07, 6.45) is 0. The normalized spacial score (nSPS) is 10.3. The Morgan fingerprint density at radius 3 is 2.65 bits per heavy atom. The van der Waals surface area contributed by atoms with Crippen LogP contribution >= 0.6 is 23.2 Å². The van der Waals surface area contributed by atoms with Gasteiger partial charge in [0.25, 0.3) is 0 Å². The molecule has 0 heterocycles. The first-order valence-corrected chi connectivity index (χ1v) is 6.33. The first-order chi connectivity index (χ1) is 9.49. The van der Waals surface area contributed by atoms with Gasteiger partial charge >= 0.3 is 5.97 Å². The van der Waals surface area contributed by atoms with E-state index in [1.165, 1.54) is 12.1 Å². The van der Waals surface area contributed by atoms with Crippen molar-refractivity contribution in [1.82, 2.24) is 0 Å². The molecular weight excluding hydrogens is 306 g/mol. The zero-order chi connectivity index (χ0) is 14.7. The molecule has 0 saturated heterocycles. The minimum atomic E-state index is -1.44. The van der Waals surface area contributed by atoms with Crippen LogP contribution in [0, 0.1) is 5.82 Å². The lowest BCUT2D eigenvalue weighted by Crippen LogP contribution is -2.05.